The molecule has 0 aliphatic carbocycles. The maximum Gasteiger partial charge on any atom is 0.268 e. The van der Waals surface area contributed by atoms with Gasteiger partial charge in [0.15, 0.2) is 0 Å². The summed E-state index contributed by atoms with van der Waals surface area (Å²) in [5.41, 5.74) is 11.7. The van der Waals surface area contributed by atoms with Crippen LogP contribution in [0.3, 0.4) is 0 Å². The molecule has 0 unspecified atom stereocenters. The van der Waals surface area contributed by atoms with Crippen molar-refractivity contribution in [1.82, 2.24) is 10.4 Å². The van der Waals surface area contributed by atoms with Gasteiger partial charge in [-0.15, -0.1) is 0 Å². The van der Waals surface area contributed by atoms with Gasteiger partial charge in [0.05, 0.1) is 16.8 Å². The van der Waals surface area contributed by atoms with Gasteiger partial charge in [0.2, 0.25) is 0 Å². The van der Waals surface area contributed by atoms with E-state index in [2.05, 4.69) is 10.4 Å². The fourth-order valence-electron chi connectivity index (χ4n) is 1.79. The standard InChI is InChI=1S/C12H14N4O/c1-6-3-4-8-10(13)9(12(17)16-14)5-15-11(8)7(6)2/h3-5H,14H2,1-2H3,(H2,13,15)(H,16,17). The lowest BCUT2D eigenvalue weighted by Gasteiger charge is -2.10. The van der Waals surface area contributed by atoms with Crippen molar-refractivity contribution in [3.63, 3.8) is 0 Å². The Morgan fingerprint density at radius 2 is 2.06 bits per heavy atom. The highest BCUT2D eigenvalue weighted by molar-refractivity contribution is 6.06. The van der Waals surface area contributed by atoms with Gasteiger partial charge < -0.3 is 5.73 Å². The summed E-state index contributed by atoms with van der Waals surface area (Å²) < 4.78 is 0. The second-order valence-electron chi connectivity index (χ2n) is 3.96. The number of hydrogen-bond donors (Lipinski definition) is 3. The second kappa shape index (κ2) is 4.03. The molecule has 5 nitrogen and oxygen atoms in total. The maximum absolute atomic E-state index is 11.5. The van der Waals surface area contributed by atoms with Crippen LogP contribution >= 0.6 is 0 Å². The molecule has 0 fully saturated rings. The summed E-state index contributed by atoms with van der Waals surface area (Å²) in [7, 11) is 0. The lowest BCUT2D eigenvalue weighted by atomic mass is 10.0. The van der Waals surface area contributed by atoms with Crippen molar-refractivity contribution in [3.05, 3.63) is 35.0 Å². The van der Waals surface area contributed by atoms with Crippen LogP contribution in [-0.2, 0) is 0 Å². The molecule has 0 atom stereocenters. The maximum atomic E-state index is 11.5. The number of nitrogens with two attached hydrogens (primary N) is 2. The number of hydrogen-bond acceptors (Lipinski definition) is 4. The number of hydrazine groups is 1. The molecule has 0 spiro atoms. The Kier molecular flexibility index (Phi) is 2.69. The van der Waals surface area contributed by atoms with Crippen LogP contribution in [0.25, 0.3) is 10.9 Å². The van der Waals surface area contributed by atoms with Gasteiger partial charge in [-0.3, -0.25) is 15.2 Å². The van der Waals surface area contributed by atoms with Crippen LogP contribution in [0.15, 0.2) is 18.3 Å². The molecule has 0 radical (unpaired) electrons. The zero-order valence-corrected chi connectivity index (χ0v) is 9.74. The summed E-state index contributed by atoms with van der Waals surface area (Å²) in [5.74, 6) is 4.65. The van der Waals surface area contributed by atoms with E-state index in [-0.39, 0.29) is 0 Å². The number of anilines is 1. The molecule has 17 heavy (non-hydrogen) atoms. The Hall–Kier alpha value is -2.14. The quantitative estimate of drug-likeness (QED) is 0.387. The fourth-order valence-corrected chi connectivity index (χ4v) is 1.79. The number of benzene rings is 1. The van der Waals surface area contributed by atoms with E-state index in [1.165, 1.54) is 6.20 Å². The third kappa shape index (κ3) is 1.70. The Balaban J connectivity index is 2.77. The topological polar surface area (TPSA) is 94.0 Å². The van der Waals surface area contributed by atoms with Crippen LogP contribution in [0.2, 0.25) is 0 Å². The minimum atomic E-state index is -0.435. The molecular weight excluding hydrogens is 216 g/mol. The number of nitrogens with one attached hydrogen (secondary N) is 1. The van der Waals surface area contributed by atoms with Crippen LogP contribution in [0, 0.1) is 13.8 Å². The van der Waals surface area contributed by atoms with Gasteiger partial charge in [-0.05, 0) is 25.0 Å². The number of carbonyl (C=O) groups excluding carboxylic acids is 1. The fraction of sp³-hybridized carbons (Fsp3) is 0.167. The average Bonchev–Trinajstić information content (AvgIpc) is 2.33. The monoisotopic (exact) mass is 230 g/mol. The van der Waals surface area contributed by atoms with Crippen LogP contribution in [0.4, 0.5) is 5.69 Å². The summed E-state index contributed by atoms with van der Waals surface area (Å²) in [6.07, 6.45) is 1.45. The highest BCUT2D eigenvalue weighted by Crippen LogP contribution is 2.26. The van der Waals surface area contributed by atoms with Crippen molar-refractivity contribution in [2.45, 2.75) is 13.8 Å². The van der Waals surface area contributed by atoms with E-state index in [1.807, 2.05) is 26.0 Å². The zero-order chi connectivity index (χ0) is 12.6. The molecule has 1 aromatic carbocycles. The number of amides is 1. The molecule has 5 N–H and O–H groups in total. The minimum absolute atomic E-state index is 0.295. The van der Waals surface area contributed by atoms with Crippen LogP contribution < -0.4 is 17.0 Å². The van der Waals surface area contributed by atoms with E-state index < -0.39 is 5.91 Å². The van der Waals surface area contributed by atoms with E-state index >= 15 is 0 Å². The largest absolute Gasteiger partial charge is 0.397 e. The number of aryl methyl sites for hydroxylation is 2. The number of rotatable bonds is 1. The van der Waals surface area contributed by atoms with Gasteiger partial charge >= 0.3 is 0 Å². The van der Waals surface area contributed by atoms with Gasteiger partial charge in [0.1, 0.15) is 0 Å². The molecular formula is C12H14N4O. The van der Waals surface area contributed by atoms with Crippen molar-refractivity contribution >= 4 is 22.5 Å². The van der Waals surface area contributed by atoms with E-state index in [9.17, 15) is 4.79 Å². The Morgan fingerprint density at radius 3 is 2.71 bits per heavy atom. The molecule has 0 aliphatic heterocycles. The number of carbonyl (C=O) groups is 1. The van der Waals surface area contributed by atoms with Crippen LogP contribution in [0.1, 0.15) is 21.5 Å². The lowest BCUT2D eigenvalue weighted by Crippen LogP contribution is -2.30. The average molecular weight is 230 g/mol. The number of fused-ring (bicyclic) bond motifs is 1. The summed E-state index contributed by atoms with van der Waals surface area (Å²) in [6, 6.07) is 3.83. The van der Waals surface area contributed by atoms with Crippen LogP contribution in [0.5, 0.6) is 0 Å². The first-order valence-corrected chi connectivity index (χ1v) is 5.21. The SMILES string of the molecule is Cc1ccc2c(N)c(C(=O)NN)cnc2c1C. The molecule has 0 saturated heterocycles. The van der Waals surface area contributed by atoms with E-state index in [0.717, 1.165) is 22.0 Å². The zero-order valence-electron chi connectivity index (χ0n) is 9.74. The highest BCUT2D eigenvalue weighted by Gasteiger charge is 2.13. The molecule has 5 heteroatoms. The molecule has 1 amide bonds. The third-order valence-electron chi connectivity index (χ3n) is 2.98. The molecule has 1 heterocycles. The Bertz CT molecular complexity index is 607. The molecule has 0 aliphatic rings. The lowest BCUT2D eigenvalue weighted by molar-refractivity contribution is 0.0954. The highest BCUT2D eigenvalue weighted by atomic mass is 16.2. The summed E-state index contributed by atoms with van der Waals surface area (Å²) in [6.45, 7) is 3.99. The van der Waals surface area contributed by atoms with Crippen LogP contribution in [-0.4, -0.2) is 10.9 Å². The Morgan fingerprint density at radius 1 is 1.35 bits per heavy atom. The number of nitrogens with zero attached hydrogens (tertiary/aromatic N) is 1. The van der Waals surface area contributed by atoms with Gasteiger partial charge in [0, 0.05) is 11.6 Å². The van der Waals surface area contributed by atoms with Crippen molar-refractivity contribution in [3.8, 4) is 0 Å². The predicted molar refractivity (Wildman–Crippen MR) is 67.3 cm³/mol. The predicted octanol–water partition coefficient (Wildman–Crippen LogP) is 1.04. The van der Waals surface area contributed by atoms with Gasteiger partial charge in [-0.2, -0.15) is 0 Å². The van der Waals surface area contributed by atoms with Gasteiger partial charge in [0.25, 0.3) is 5.91 Å². The molecule has 2 aromatic rings. The molecule has 88 valence electrons. The van der Waals surface area contributed by atoms with E-state index in [0.29, 0.717) is 11.3 Å². The van der Waals surface area contributed by atoms with Crippen molar-refractivity contribution in [2.24, 2.45) is 5.84 Å². The Labute approximate surface area is 98.8 Å². The first-order chi connectivity index (χ1) is 8.06. The van der Waals surface area contributed by atoms with E-state index in [4.69, 9.17) is 11.6 Å². The third-order valence-corrected chi connectivity index (χ3v) is 2.98. The first-order valence-electron chi connectivity index (χ1n) is 5.21. The number of nitrogen functional groups attached to an aromatic ring is 2. The summed E-state index contributed by atoms with van der Waals surface area (Å²) in [4.78, 5) is 15.7. The van der Waals surface area contributed by atoms with Gasteiger partial charge in [-0.25, -0.2) is 5.84 Å². The number of pyridine rings is 1. The van der Waals surface area contributed by atoms with Gasteiger partial charge in [-0.1, -0.05) is 12.1 Å². The molecule has 0 saturated carbocycles. The smallest absolute Gasteiger partial charge is 0.268 e. The van der Waals surface area contributed by atoms with Crippen molar-refractivity contribution in [1.29, 1.82) is 0 Å². The molecule has 1 aromatic heterocycles. The molecule has 0 bridgehead atoms. The normalized spacial score (nSPS) is 10.5. The number of aromatic nitrogens is 1. The van der Waals surface area contributed by atoms with Crippen molar-refractivity contribution < 1.29 is 4.79 Å². The second-order valence-corrected chi connectivity index (χ2v) is 3.96. The van der Waals surface area contributed by atoms with E-state index in [1.54, 1.807) is 0 Å². The first kappa shape index (κ1) is 11.3. The minimum Gasteiger partial charge on any atom is -0.397 e. The van der Waals surface area contributed by atoms with Crippen molar-refractivity contribution in [2.75, 3.05) is 5.73 Å². The molecule has 2 rings (SSSR count). The summed E-state index contributed by atoms with van der Waals surface area (Å²) in [5, 5.41) is 0.772. The summed E-state index contributed by atoms with van der Waals surface area (Å²) >= 11 is 0.